The van der Waals surface area contributed by atoms with Gasteiger partial charge < -0.3 is 20.5 Å². The van der Waals surface area contributed by atoms with Crippen LogP contribution >= 0.6 is 15.9 Å². The van der Waals surface area contributed by atoms with Crippen molar-refractivity contribution in [3.05, 3.63) is 64.1 Å². The number of anilines is 1. The van der Waals surface area contributed by atoms with Gasteiger partial charge in [0.05, 0.1) is 6.61 Å². The molecule has 0 aliphatic heterocycles. The molecule has 0 saturated heterocycles. The summed E-state index contributed by atoms with van der Waals surface area (Å²) in [7, 11) is 0. The fourth-order valence-electron chi connectivity index (χ4n) is 1.98. The number of benzene rings is 2. The molecule has 3 N–H and O–H groups in total. The van der Waals surface area contributed by atoms with Crippen LogP contribution in [-0.2, 0) is 22.7 Å². The smallest absolute Gasteiger partial charge is 0.404 e. The van der Waals surface area contributed by atoms with Crippen LogP contribution in [0.4, 0.5) is 10.5 Å². The highest BCUT2D eigenvalue weighted by atomic mass is 79.9. The molecule has 0 aliphatic carbocycles. The van der Waals surface area contributed by atoms with Crippen molar-refractivity contribution in [1.82, 2.24) is 5.32 Å². The summed E-state index contributed by atoms with van der Waals surface area (Å²) in [4.78, 5) is 22.4. The molecule has 24 heavy (non-hydrogen) atoms. The average molecular weight is 393 g/mol. The van der Waals surface area contributed by atoms with Crippen molar-refractivity contribution in [1.29, 1.82) is 0 Å². The number of carbonyl (C=O) groups excluding carboxylic acids is 1. The molecule has 0 aromatic heterocycles. The summed E-state index contributed by atoms with van der Waals surface area (Å²) in [5.74, 6) is -0.268. The monoisotopic (exact) mass is 392 g/mol. The molecule has 126 valence electrons. The summed E-state index contributed by atoms with van der Waals surface area (Å²) >= 11 is 3.36. The van der Waals surface area contributed by atoms with Crippen molar-refractivity contribution in [2.45, 2.75) is 13.2 Å². The molecule has 0 aliphatic rings. The molecule has 6 nitrogen and oxygen atoms in total. The van der Waals surface area contributed by atoms with Crippen molar-refractivity contribution in [3.8, 4) is 0 Å². The van der Waals surface area contributed by atoms with Crippen LogP contribution in [-0.4, -0.2) is 23.7 Å². The number of rotatable bonds is 7. The molecular weight excluding hydrogens is 376 g/mol. The van der Waals surface area contributed by atoms with Crippen LogP contribution in [0.3, 0.4) is 0 Å². The number of halogens is 1. The normalized spacial score (nSPS) is 10.2. The minimum Gasteiger partial charge on any atom is -0.465 e. The molecule has 2 aromatic carbocycles. The molecule has 0 radical (unpaired) electrons. The highest BCUT2D eigenvalue weighted by molar-refractivity contribution is 9.10. The lowest BCUT2D eigenvalue weighted by Crippen LogP contribution is -2.20. The Morgan fingerprint density at radius 1 is 1.08 bits per heavy atom. The highest BCUT2D eigenvalue weighted by Crippen LogP contribution is 2.12. The first kappa shape index (κ1) is 18.0. The Labute approximate surface area is 148 Å². The van der Waals surface area contributed by atoms with Gasteiger partial charge in [0, 0.05) is 16.7 Å². The summed E-state index contributed by atoms with van der Waals surface area (Å²) in [6.45, 7) is 0.468. The van der Waals surface area contributed by atoms with Crippen molar-refractivity contribution in [2.24, 2.45) is 0 Å². The molecule has 0 fully saturated rings. The highest BCUT2D eigenvalue weighted by Gasteiger charge is 2.04. The molecule has 0 bridgehead atoms. The van der Waals surface area contributed by atoms with Crippen LogP contribution in [0.15, 0.2) is 53.0 Å². The van der Waals surface area contributed by atoms with E-state index in [2.05, 4.69) is 26.6 Å². The lowest BCUT2D eigenvalue weighted by Gasteiger charge is -2.08. The van der Waals surface area contributed by atoms with Gasteiger partial charge >= 0.3 is 6.09 Å². The molecular formula is C17H17BrN2O4. The van der Waals surface area contributed by atoms with E-state index in [1.54, 1.807) is 24.3 Å². The van der Waals surface area contributed by atoms with Gasteiger partial charge in [-0.3, -0.25) is 4.79 Å². The standard InChI is InChI=1S/C17H17BrN2O4/c18-14-6-4-12(5-7-14)10-24-11-16(21)20-15-3-1-2-13(8-15)9-19-17(22)23/h1-8,19H,9-11H2,(H,20,21)(H,22,23). The lowest BCUT2D eigenvalue weighted by atomic mass is 10.2. The summed E-state index contributed by atoms with van der Waals surface area (Å²) < 4.78 is 6.37. The molecule has 0 unspecified atom stereocenters. The van der Waals surface area contributed by atoms with E-state index < -0.39 is 6.09 Å². The second-order valence-corrected chi connectivity index (χ2v) is 5.94. The van der Waals surface area contributed by atoms with E-state index in [-0.39, 0.29) is 19.1 Å². The fourth-order valence-corrected chi connectivity index (χ4v) is 2.24. The largest absolute Gasteiger partial charge is 0.465 e. The minimum absolute atomic E-state index is 0.0618. The SMILES string of the molecule is O=C(O)NCc1cccc(NC(=O)COCc2ccc(Br)cc2)c1. The predicted molar refractivity (Wildman–Crippen MR) is 93.7 cm³/mol. The molecule has 2 aromatic rings. The van der Waals surface area contributed by atoms with E-state index in [1.807, 2.05) is 24.3 Å². The van der Waals surface area contributed by atoms with E-state index in [1.165, 1.54) is 0 Å². The second kappa shape index (κ2) is 9.05. The molecule has 2 amide bonds. The molecule has 7 heteroatoms. The molecule has 0 saturated carbocycles. The number of amides is 2. The zero-order chi connectivity index (χ0) is 17.4. The Bertz CT molecular complexity index is 704. The molecule has 0 atom stereocenters. The second-order valence-electron chi connectivity index (χ2n) is 5.03. The van der Waals surface area contributed by atoms with Crippen LogP contribution in [0, 0.1) is 0 Å². The Balaban J connectivity index is 1.78. The van der Waals surface area contributed by atoms with Gasteiger partial charge in [0.1, 0.15) is 6.61 Å². The summed E-state index contributed by atoms with van der Waals surface area (Å²) in [6, 6.07) is 14.6. The Morgan fingerprint density at radius 2 is 1.83 bits per heavy atom. The third-order valence-electron chi connectivity index (χ3n) is 3.07. The summed E-state index contributed by atoms with van der Waals surface area (Å²) in [5, 5.41) is 13.6. The topological polar surface area (TPSA) is 87.7 Å². The maximum Gasteiger partial charge on any atom is 0.404 e. The maximum absolute atomic E-state index is 11.9. The van der Waals surface area contributed by atoms with E-state index in [0.717, 1.165) is 15.6 Å². The van der Waals surface area contributed by atoms with E-state index in [0.29, 0.717) is 12.3 Å². The first-order valence-electron chi connectivity index (χ1n) is 7.21. The van der Waals surface area contributed by atoms with Crippen LogP contribution in [0.5, 0.6) is 0 Å². The van der Waals surface area contributed by atoms with Crippen LogP contribution in [0.2, 0.25) is 0 Å². The zero-order valence-electron chi connectivity index (χ0n) is 12.8. The number of nitrogens with one attached hydrogen (secondary N) is 2. The third kappa shape index (κ3) is 6.39. The van der Waals surface area contributed by atoms with Gasteiger partial charge in [-0.2, -0.15) is 0 Å². The van der Waals surface area contributed by atoms with Crippen molar-refractivity contribution >= 4 is 33.6 Å². The Kier molecular flexibility index (Phi) is 6.77. The predicted octanol–water partition coefficient (Wildman–Crippen LogP) is 3.37. The van der Waals surface area contributed by atoms with Gasteiger partial charge in [-0.1, -0.05) is 40.2 Å². The number of carbonyl (C=O) groups is 2. The van der Waals surface area contributed by atoms with Gasteiger partial charge in [0.15, 0.2) is 0 Å². The lowest BCUT2D eigenvalue weighted by molar-refractivity contribution is -0.121. The van der Waals surface area contributed by atoms with E-state index >= 15 is 0 Å². The van der Waals surface area contributed by atoms with Crippen molar-refractivity contribution < 1.29 is 19.4 Å². The Morgan fingerprint density at radius 3 is 2.54 bits per heavy atom. The summed E-state index contributed by atoms with van der Waals surface area (Å²) in [6.07, 6.45) is -1.09. The summed E-state index contributed by atoms with van der Waals surface area (Å²) in [5.41, 5.74) is 2.33. The van der Waals surface area contributed by atoms with Crippen LogP contribution < -0.4 is 10.6 Å². The molecule has 0 spiro atoms. The number of ether oxygens (including phenoxy) is 1. The number of hydrogen-bond donors (Lipinski definition) is 3. The van der Waals surface area contributed by atoms with Gasteiger partial charge in [0.25, 0.3) is 0 Å². The quantitative estimate of drug-likeness (QED) is 0.673. The average Bonchev–Trinajstić information content (AvgIpc) is 2.55. The number of carboxylic acid groups (broad SMARTS) is 1. The van der Waals surface area contributed by atoms with Crippen molar-refractivity contribution in [3.63, 3.8) is 0 Å². The van der Waals surface area contributed by atoms with E-state index in [4.69, 9.17) is 9.84 Å². The molecule has 2 rings (SSSR count). The first-order chi connectivity index (χ1) is 11.5. The third-order valence-corrected chi connectivity index (χ3v) is 3.60. The molecule has 0 heterocycles. The van der Waals surface area contributed by atoms with Gasteiger partial charge in [0.2, 0.25) is 5.91 Å². The van der Waals surface area contributed by atoms with Gasteiger partial charge in [-0.25, -0.2) is 4.79 Å². The zero-order valence-corrected chi connectivity index (χ0v) is 14.4. The van der Waals surface area contributed by atoms with Gasteiger partial charge in [-0.05, 0) is 35.4 Å². The van der Waals surface area contributed by atoms with E-state index in [9.17, 15) is 9.59 Å². The van der Waals surface area contributed by atoms with Crippen LogP contribution in [0.1, 0.15) is 11.1 Å². The fraction of sp³-hybridized carbons (Fsp3) is 0.176. The maximum atomic E-state index is 11.9. The number of hydrogen-bond acceptors (Lipinski definition) is 3. The van der Waals surface area contributed by atoms with Gasteiger partial charge in [-0.15, -0.1) is 0 Å². The minimum atomic E-state index is -1.09. The van der Waals surface area contributed by atoms with Crippen LogP contribution in [0.25, 0.3) is 0 Å². The van der Waals surface area contributed by atoms with Crippen molar-refractivity contribution in [2.75, 3.05) is 11.9 Å². The first-order valence-corrected chi connectivity index (χ1v) is 8.00. The Hall–Kier alpha value is -2.38.